The summed E-state index contributed by atoms with van der Waals surface area (Å²) in [6.07, 6.45) is 7.34. The third-order valence-electron chi connectivity index (χ3n) is 2.93. The highest BCUT2D eigenvalue weighted by Gasteiger charge is 2.10. The van der Waals surface area contributed by atoms with Crippen LogP contribution in [0.1, 0.15) is 54.1 Å². The lowest BCUT2D eigenvalue weighted by Crippen LogP contribution is -2.02. The number of unbranched alkanes of at least 4 members (excludes halogenated alkanes) is 3. The average Bonchev–Trinajstić information content (AvgIpc) is 2.34. The first kappa shape index (κ1) is 13.5. The van der Waals surface area contributed by atoms with Crippen molar-refractivity contribution < 1.29 is 9.90 Å². The quantitative estimate of drug-likeness (QED) is 0.717. The summed E-state index contributed by atoms with van der Waals surface area (Å²) < 4.78 is 0. The number of carboxylic acids is 1. The van der Waals surface area contributed by atoms with E-state index in [0.717, 1.165) is 24.0 Å². The fraction of sp³-hybridized carbons (Fsp3) is 0.400. The smallest absolute Gasteiger partial charge is 0.336 e. The Balaban J connectivity index is 2.80. The zero-order chi connectivity index (χ0) is 12.7. The molecule has 0 heterocycles. The molecule has 1 aromatic carbocycles. The molecule has 0 amide bonds. The minimum absolute atomic E-state index is 0.355. The van der Waals surface area contributed by atoms with E-state index in [0.29, 0.717) is 5.56 Å². The van der Waals surface area contributed by atoms with Crippen LogP contribution >= 0.6 is 0 Å². The molecule has 2 nitrogen and oxygen atoms in total. The second-order valence-corrected chi connectivity index (χ2v) is 4.20. The maximum atomic E-state index is 11.1. The minimum atomic E-state index is -0.879. The first-order valence-corrected chi connectivity index (χ1v) is 6.18. The number of hydrogen-bond donors (Lipinski definition) is 1. The molecule has 1 rings (SSSR count). The average molecular weight is 232 g/mol. The molecule has 92 valence electrons. The van der Waals surface area contributed by atoms with Crippen LogP contribution in [0.4, 0.5) is 0 Å². The van der Waals surface area contributed by atoms with Gasteiger partial charge in [0, 0.05) is 0 Å². The van der Waals surface area contributed by atoms with Crippen molar-refractivity contribution >= 4 is 12.0 Å². The van der Waals surface area contributed by atoms with E-state index in [1.807, 2.05) is 12.1 Å². The third kappa shape index (κ3) is 3.74. The maximum absolute atomic E-state index is 11.1. The molecule has 1 N–H and O–H groups in total. The minimum Gasteiger partial charge on any atom is -0.478 e. The van der Waals surface area contributed by atoms with E-state index >= 15 is 0 Å². The van der Waals surface area contributed by atoms with Gasteiger partial charge in [-0.3, -0.25) is 0 Å². The van der Waals surface area contributed by atoms with Crippen molar-refractivity contribution in [3.05, 3.63) is 41.5 Å². The van der Waals surface area contributed by atoms with Crippen LogP contribution in [0.15, 0.2) is 24.8 Å². The summed E-state index contributed by atoms with van der Waals surface area (Å²) >= 11 is 0. The van der Waals surface area contributed by atoms with Gasteiger partial charge in [0.2, 0.25) is 0 Å². The lowest BCUT2D eigenvalue weighted by Gasteiger charge is -2.08. The van der Waals surface area contributed by atoms with Crippen molar-refractivity contribution in [2.45, 2.75) is 39.0 Å². The number of aromatic carboxylic acids is 1. The molecule has 0 saturated carbocycles. The summed E-state index contributed by atoms with van der Waals surface area (Å²) in [5.41, 5.74) is 2.22. The van der Waals surface area contributed by atoms with Crippen molar-refractivity contribution in [2.24, 2.45) is 0 Å². The second kappa shape index (κ2) is 6.89. The Hall–Kier alpha value is -1.57. The number of aryl methyl sites for hydroxylation is 1. The van der Waals surface area contributed by atoms with Crippen LogP contribution in [-0.4, -0.2) is 11.1 Å². The predicted octanol–water partition coefficient (Wildman–Crippen LogP) is 4.15. The summed E-state index contributed by atoms with van der Waals surface area (Å²) in [5.74, 6) is -0.879. The van der Waals surface area contributed by atoms with Crippen LogP contribution in [0.3, 0.4) is 0 Å². The molecule has 0 aliphatic carbocycles. The normalized spacial score (nSPS) is 10.2. The lowest BCUT2D eigenvalue weighted by molar-refractivity contribution is 0.0696. The molecular formula is C15H20O2. The maximum Gasteiger partial charge on any atom is 0.336 e. The standard InChI is InChI=1S/C15H20O2/c1-3-5-6-7-9-12-10-8-11-14(15(16)17)13(12)4-2/h4,8,10-11H,2-3,5-7,9H2,1H3,(H,16,17). The molecule has 0 unspecified atom stereocenters. The van der Waals surface area contributed by atoms with E-state index in [2.05, 4.69) is 13.5 Å². The van der Waals surface area contributed by atoms with Crippen molar-refractivity contribution in [3.8, 4) is 0 Å². The van der Waals surface area contributed by atoms with Gasteiger partial charge in [-0.2, -0.15) is 0 Å². The van der Waals surface area contributed by atoms with Gasteiger partial charge in [0.15, 0.2) is 0 Å². The summed E-state index contributed by atoms with van der Waals surface area (Å²) in [6, 6.07) is 5.44. The van der Waals surface area contributed by atoms with Crippen LogP contribution in [0, 0.1) is 0 Å². The second-order valence-electron chi connectivity index (χ2n) is 4.20. The molecule has 0 atom stereocenters. The number of rotatable bonds is 7. The fourth-order valence-corrected chi connectivity index (χ4v) is 2.00. The first-order chi connectivity index (χ1) is 8.20. The summed E-state index contributed by atoms with van der Waals surface area (Å²) in [7, 11) is 0. The Morgan fingerprint density at radius 2 is 2.12 bits per heavy atom. The van der Waals surface area contributed by atoms with Crippen molar-refractivity contribution in [3.63, 3.8) is 0 Å². The van der Waals surface area contributed by atoms with Gasteiger partial charge in [0.25, 0.3) is 0 Å². The SMILES string of the molecule is C=Cc1c(CCCCCC)cccc1C(=O)O. The van der Waals surface area contributed by atoms with Crippen LogP contribution in [0.2, 0.25) is 0 Å². The Kier molecular flexibility index (Phi) is 5.47. The van der Waals surface area contributed by atoms with E-state index in [4.69, 9.17) is 5.11 Å². The van der Waals surface area contributed by atoms with Gasteiger partial charge in [-0.25, -0.2) is 4.79 Å². The van der Waals surface area contributed by atoms with Gasteiger partial charge < -0.3 is 5.11 Å². The molecule has 0 aromatic heterocycles. The molecular weight excluding hydrogens is 212 g/mol. The molecule has 0 spiro atoms. The predicted molar refractivity (Wildman–Crippen MR) is 71.3 cm³/mol. The van der Waals surface area contributed by atoms with Crippen LogP contribution in [-0.2, 0) is 6.42 Å². The van der Waals surface area contributed by atoms with Gasteiger partial charge in [-0.15, -0.1) is 0 Å². The highest BCUT2D eigenvalue weighted by atomic mass is 16.4. The molecule has 0 bridgehead atoms. The summed E-state index contributed by atoms with van der Waals surface area (Å²) in [5, 5.41) is 9.08. The molecule has 1 aromatic rings. The van der Waals surface area contributed by atoms with Crippen molar-refractivity contribution in [1.82, 2.24) is 0 Å². The van der Waals surface area contributed by atoms with Crippen LogP contribution < -0.4 is 0 Å². The first-order valence-electron chi connectivity index (χ1n) is 6.18. The molecule has 0 fully saturated rings. The highest BCUT2D eigenvalue weighted by molar-refractivity contribution is 5.92. The van der Waals surface area contributed by atoms with E-state index in [1.165, 1.54) is 19.3 Å². The number of carbonyl (C=O) groups is 1. The molecule has 0 aliphatic heterocycles. The van der Waals surface area contributed by atoms with E-state index in [1.54, 1.807) is 12.1 Å². The molecule has 17 heavy (non-hydrogen) atoms. The van der Waals surface area contributed by atoms with Crippen LogP contribution in [0.5, 0.6) is 0 Å². The van der Waals surface area contributed by atoms with E-state index in [9.17, 15) is 4.79 Å². The topological polar surface area (TPSA) is 37.3 Å². The highest BCUT2D eigenvalue weighted by Crippen LogP contribution is 2.19. The lowest BCUT2D eigenvalue weighted by atomic mass is 9.96. The van der Waals surface area contributed by atoms with E-state index < -0.39 is 5.97 Å². The Bertz CT molecular complexity index is 394. The van der Waals surface area contributed by atoms with Gasteiger partial charge >= 0.3 is 5.97 Å². The van der Waals surface area contributed by atoms with Crippen molar-refractivity contribution in [2.75, 3.05) is 0 Å². The molecule has 0 aliphatic rings. The van der Waals surface area contributed by atoms with Gasteiger partial charge in [-0.05, 0) is 30.0 Å². The monoisotopic (exact) mass is 232 g/mol. The zero-order valence-electron chi connectivity index (χ0n) is 10.4. The Labute approximate surface area is 103 Å². The molecule has 0 radical (unpaired) electrons. The summed E-state index contributed by atoms with van der Waals surface area (Å²) in [4.78, 5) is 11.1. The number of benzene rings is 1. The van der Waals surface area contributed by atoms with Gasteiger partial charge in [0.1, 0.15) is 0 Å². The summed E-state index contributed by atoms with van der Waals surface area (Å²) in [6.45, 7) is 5.90. The fourth-order valence-electron chi connectivity index (χ4n) is 2.00. The van der Waals surface area contributed by atoms with E-state index in [-0.39, 0.29) is 0 Å². The van der Waals surface area contributed by atoms with Gasteiger partial charge in [0.05, 0.1) is 5.56 Å². The number of hydrogen-bond acceptors (Lipinski definition) is 1. The van der Waals surface area contributed by atoms with Crippen molar-refractivity contribution in [1.29, 1.82) is 0 Å². The third-order valence-corrected chi connectivity index (χ3v) is 2.93. The molecule has 2 heteroatoms. The number of carboxylic acid groups (broad SMARTS) is 1. The Morgan fingerprint density at radius 1 is 1.35 bits per heavy atom. The zero-order valence-corrected chi connectivity index (χ0v) is 10.4. The largest absolute Gasteiger partial charge is 0.478 e. The van der Waals surface area contributed by atoms with Gasteiger partial charge in [-0.1, -0.05) is 51.0 Å². The molecule has 0 saturated heterocycles. The Morgan fingerprint density at radius 3 is 2.71 bits per heavy atom. The van der Waals surface area contributed by atoms with Crippen LogP contribution in [0.25, 0.3) is 6.08 Å².